The molecule has 3 saturated carbocycles. The highest BCUT2D eigenvalue weighted by Crippen LogP contribution is 2.70. The summed E-state index contributed by atoms with van der Waals surface area (Å²) in [5, 5.41) is 46.7. The maximum absolute atomic E-state index is 13.6. The van der Waals surface area contributed by atoms with E-state index in [1.807, 2.05) is 41.5 Å². The minimum absolute atomic E-state index is 0.0908. The van der Waals surface area contributed by atoms with Crippen LogP contribution < -0.4 is 0 Å². The molecule has 0 bridgehead atoms. The van der Waals surface area contributed by atoms with E-state index in [0.717, 1.165) is 16.7 Å². The van der Waals surface area contributed by atoms with E-state index in [2.05, 4.69) is 13.0 Å². The fraction of sp³-hybridized carbons (Fsp3) is 0.771. The highest BCUT2D eigenvalue weighted by atomic mass is 16.6. The molecule has 4 aliphatic rings. The van der Waals surface area contributed by atoms with Crippen LogP contribution in [0.3, 0.4) is 0 Å². The summed E-state index contributed by atoms with van der Waals surface area (Å²) in [7, 11) is 0. The van der Waals surface area contributed by atoms with Gasteiger partial charge in [0.1, 0.15) is 11.7 Å². The third-order valence-electron chi connectivity index (χ3n) is 12.2. The number of carbonyl (C=O) groups is 2. The molecule has 0 saturated heterocycles. The number of rotatable bonds is 7. The van der Waals surface area contributed by atoms with Crippen molar-refractivity contribution in [3.05, 3.63) is 34.9 Å². The van der Waals surface area contributed by atoms with E-state index in [1.165, 1.54) is 19.1 Å². The van der Waals surface area contributed by atoms with E-state index in [0.29, 0.717) is 25.7 Å². The van der Waals surface area contributed by atoms with Gasteiger partial charge in [0, 0.05) is 18.1 Å². The first-order valence-corrected chi connectivity index (χ1v) is 16.1. The Hall–Kier alpha value is -2.00. The van der Waals surface area contributed by atoms with E-state index in [9.17, 15) is 30.0 Å². The molecule has 4 N–H and O–H groups in total. The molecule has 0 spiro atoms. The standard InChI is InChI=1S/C35H54O8/c1-19(2)21(5)16-27(38)42-30-29-26(11-10-24-18-25(37)12-13-32(24,29)8)35(41)15-14-34(40,23(7)36)33(35,9)31(30)43-28(39)17-22(6)20(3)4/h10,16-17,19-20,23,25-26,29-31,36-37,40-41H,11-15,18H2,1-9H3/t23-,25+,26-,29-,30+,31-,32+,33-,34-,35+/m1/s1. The van der Waals surface area contributed by atoms with Gasteiger partial charge in [0.15, 0.2) is 6.10 Å². The second-order valence-electron chi connectivity index (χ2n) is 15.0. The smallest absolute Gasteiger partial charge is 0.331 e. The first-order valence-electron chi connectivity index (χ1n) is 16.1. The number of aliphatic hydroxyl groups excluding tert-OH is 2. The Morgan fingerprint density at radius 1 is 0.930 bits per heavy atom. The Morgan fingerprint density at radius 2 is 1.49 bits per heavy atom. The first kappa shape index (κ1) is 33.9. The summed E-state index contributed by atoms with van der Waals surface area (Å²) in [5.41, 5.74) is -2.80. The van der Waals surface area contributed by atoms with Crippen molar-refractivity contribution in [2.45, 2.75) is 136 Å². The minimum Gasteiger partial charge on any atom is -0.455 e. The van der Waals surface area contributed by atoms with Crippen LogP contribution in [0, 0.1) is 34.5 Å². The van der Waals surface area contributed by atoms with Gasteiger partial charge in [-0.05, 0) is 82.5 Å². The molecule has 0 radical (unpaired) electrons. The molecular formula is C35H54O8. The number of aliphatic hydroxyl groups is 4. The molecule has 0 aliphatic heterocycles. The number of ether oxygens (including phenoxy) is 2. The summed E-state index contributed by atoms with van der Waals surface area (Å²) in [6.07, 6.45) is 3.35. The van der Waals surface area contributed by atoms with Gasteiger partial charge in [0.2, 0.25) is 0 Å². The molecule has 3 fully saturated rings. The third kappa shape index (κ3) is 5.34. The molecule has 8 heteroatoms. The molecule has 0 aromatic heterocycles. The molecule has 0 amide bonds. The van der Waals surface area contributed by atoms with Crippen molar-refractivity contribution in [1.82, 2.24) is 0 Å². The van der Waals surface area contributed by atoms with Gasteiger partial charge in [0.25, 0.3) is 0 Å². The van der Waals surface area contributed by atoms with Crippen LogP contribution in [0.15, 0.2) is 34.9 Å². The lowest BCUT2D eigenvalue weighted by Crippen LogP contribution is -2.76. The maximum Gasteiger partial charge on any atom is 0.331 e. The van der Waals surface area contributed by atoms with Gasteiger partial charge >= 0.3 is 11.9 Å². The summed E-state index contributed by atoms with van der Waals surface area (Å²) in [6.45, 7) is 16.9. The quantitative estimate of drug-likeness (QED) is 0.186. The van der Waals surface area contributed by atoms with Gasteiger partial charge in [-0.15, -0.1) is 0 Å². The molecule has 43 heavy (non-hydrogen) atoms. The Bertz CT molecular complexity index is 1200. The second-order valence-corrected chi connectivity index (χ2v) is 15.0. The topological polar surface area (TPSA) is 134 Å². The molecule has 10 atom stereocenters. The SMILES string of the molecule is CC(=CC(=O)O[C@H]1[C@H]2[C@@H](CC=C3C[C@@H](O)CC[C@@]32C)[C@@]2(O)CC[C@@](O)([C@@H](C)O)[C@@]2(C)[C@@H]1OC(=O)C=C(C)C(C)C)C(C)C. The van der Waals surface area contributed by atoms with E-state index < -0.39 is 70.2 Å². The third-order valence-corrected chi connectivity index (χ3v) is 12.2. The van der Waals surface area contributed by atoms with Crippen LogP contribution in [0.25, 0.3) is 0 Å². The zero-order valence-corrected chi connectivity index (χ0v) is 27.5. The lowest BCUT2D eigenvalue weighted by Gasteiger charge is -2.66. The number of fused-ring (bicyclic) bond motifs is 5. The summed E-state index contributed by atoms with van der Waals surface area (Å²) in [6, 6.07) is 0. The lowest BCUT2D eigenvalue weighted by molar-refractivity contribution is -0.306. The van der Waals surface area contributed by atoms with E-state index >= 15 is 0 Å². The van der Waals surface area contributed by atoms with Crippen LogP contribution in [0.1, 0.15) is 101 Å². The molecule has 0 heterocycles. The average molecular weight is 603 g/mol. The van der Waals surface area contributed by atoms with Crippen LogP contribution in [-0.2, 0) is 19.1 Å². The molecule has 0 unspecified atom stereocenters. The van der Waals surface area contributed by atoms with Crippen molar-refractivity contribution in [3.8, 4) is 0 Å². The summed E-state index contributed by atoms with van der Waals surface area (Å²) in [4.78, 5) is 27.2. The predicted molar refractivity (Wildman–Crippen MR) is 164 cm³/mol. The van der Waals surface area contributed by atoms with Gasteiger partial charge in [-0.2, -0.15) is 0 Å². The van der Waals surface area contributed by atoms with Crippen molar-refractivity contribution >= 4 is 11.9 Å². The first-order chi connectivity index (χ1) is 19.8. The zero-order chi connectivity index (χ0) is 32.3. The summed E-state index contributed by atoms with van der Waals surface area (Å²) in [5.74, 6) is -1.93. The molecule has 0 aromatic carbocycles. The van der Waals surface area contributed by atoms with Crippen molar-refractivity contribution in [3.63, 3.8) is 0 Å². The Kier molecular flexibility index (Phi) is 9.25. The number of allylic oxidation sites excluding steroid dienone is 3. The number of esters is 2. The number of hydrogen-bond donors (Lipinski definition) is 4. The predicted octanol–water partition coefficient (Wildman–Crippen LogP) is 4.78. The summed E-state index contributed by atoms with van der Waals surface area (Å²) < 4.78 is 12.7. The van der Waals surface area contributed by atoms with Gasteiger partial charge in [-0.25, -0.2) is 9.59 Å². The largest absolute Gasteiger partial charge is 0.455 e. The molecule has 0 aromatic rings. The molecule has 4 rings (SSSR count). The maximum atomic E-state index is 13.6. The lowest BCUT2D eigenvalue weighted by atomic mass is 9.43. The molecule has 4 aliphatic carbocycles. The van der Waals surface area contributed by atoms with E-state index in [-0.39, 0.29) is 24.7 Å². The zero-order valence-electron chi connectivity index (χ0n) is 27.5. The fourth-order valence-corrected chi connectivity index (χ4v) is 8.71. The fourth-order valence-electron chi connectivity index (χ4n) is 8.71. The van der Waals surface area contributed by atoms with Crippen LogP contribution in [0.2, 0.25) is 0 Å². The Morgan fingerprint density at radius 3 is 2.02 bits per heavy atom. The van der Waals surface area contributed by atoms with Crippen molar-refractivity contribution in [2.75, 3.05) is 0 Å². The van der Waals surface area contributed by atoms with Crippen LogP contribution in [-0.4, -0.2) is 68.0 Å². The second kappa shape index (κ2) is 11.7. The van der Waals surface area contributed by atoms with Crippen LogP contribution in [0.4, 0.5) is 0 Å². The van der Waals surface area contributed by atoms with Crippen LogP contribution >= 0.6 is 0 Å². The van der Waals surface area contributed by atoms with E-state index in [4.69, 9.17) is 9.47 Å². The van der Waals surface area contributed by atoms with Gasteiger partial charge in [-0.3, -0.25) is 0 Å². The monoisotopic (exact) mass is 602 g/mol. The number of hydrogen-bond acceptors (Lipinski definition) is 8. The van der Waals surface area contributed by atoms with Crippen molar-refractivity contribution < 1.29 is 39.5 Å². The normalized spacial score (nSPS) is 42.1. The van der Waals surface area contributed by atoms with Gasteiger partial charge in [-0.1, -0.05) is 64.3 Å². The number of carbonyl (C=O) groups excluding carboxylic acids is 2. The minimum atomic E-state index is -1.82. The highest BCUT2D eigenvalue weighted by Gasteiger charge is 2.79. The Labute approximate surface area is 257 Å². The average Bonchev–Trinajstić information content (AvgIpc) is 3.13. The van der Waals surface area contributed by atoms with E-state index in [1.54, 1.807) is 6.92 Å². The van der Waals surface area contributed by atoms with Crippen molar-refractivity contribution in [2.24, 2.45) is 34.5 Å². The molecule has 242 valence electrons. The Balaban J connectivity index is 1.96. The molecule has 8 nitrogen and oxygen atoms in total. The van der Waals surface area contributed by atoms with Gasteiger partial charge in [0.05, 0.1) is 23.2 Å². The van der Waals surface area contributed by atoms with Gasteiger partial charge < -0.3 is 29.9 Å². The highest BCUT2D eigenvalue weighted by molar-refractivity contribution is 5.84. The summed E-state index contributed by atoms with van der Waals surface area (Å²) >= 11 is 0. The molecular weight excluding hydrogens is 548 g/mol. The van der Waals surface area contributed by atoms with Crippen molar-refractivity contribution in [1.29, 1.82) is 0 Å². The van der Waals surface area contributed by atoms with Crippen LogP contribution in [0.5, 0.6) is 0 Å².